The second-order valence-electron chi connectivity index (χ2n) is 21.2. The van der Waals surface area contributed by atoms with Gasteiger partial charge in [0.2, 0.25) is 17.7 Å². The molecule has 88 heavy (non-hydrogen) atoms. The molecular weight excluding hydrogens is 1180 g/mol. The summed E-state index contributed by atoms with van der Waals surface area (Å²) in [5, 5.41) is 55.1. The maximum absolute atomic E-state index is 13.0. The largest absolute Gasteiger partial charge is 0.434 e. The van der Waals surface area contributed by atoms with Gasteiger partial charge in [-0.25, -0.2) is 4.98 Å². The lowest BCUT2D eigenvalue weighted by atomic mass is 9.91. The third-order valence-electron chi connectivity index (χ3n) is 13.5. The fourth-order valence-electron chi connectivity index (χ4n) is 7.78. The second-order valence-corrected chi connectivity index (χ2v) is 21.2. The number of hydrogen-bond acceptors (Lipinski definition) is 26. The van der Waals surface area contributed by atoms with Crippen LogP contribution in [0.5, 0.6) is 0 Å². The van der Waals surface area contributed by atoms with Crippen LogP contribution in [0.2, 0.25) is 0 Å². The van der Waals surface area contributed by atoms with Crippen molar-refractivity contribution in [3.8, 4) is 0 Å². The van der Waals surface area contributed by atoms with E-state index < -0.39 is 66.5 Å². The van der Waals surface area contributed by atoms with E-state index in [1.807, 2.05) is 0 Å². The summed E-state index contributed by atoms with van der Waals surface area (Å²) < 4.78 is 122. The molecule has 3 heterocycles. The van der Waals surface area contributed by atoms with Crippen molar-refractivity contribution in [3.63, 3.8) is 0 Å². The summed E-state index contributed by atoms with van der Waals surface area (Å²) in [5.74, 6) is -0.681. The fraction of sp³-hybridized carbons (Fsp3) is 0.875. The van der Waals surface area contributed by atoms with Gasteiger partial charge in [0.05, 0.1) is 202 Å². The Morgan fingerprint density at radius 1 is 0.568 bits per heavy atom. The van der Waals surface area contributed by atoms with Gasteiger partial charge in [0.1, 0.15) is 42.9 Å². The van der Waals surface area contributed by atoms with Crippen molar-refractivity contribution in [3.05, 3.63) is 18.1 Å². The van der Waals surface area contributed by atoms with E-state index in [1.165, 1.54) is 0 Å². The molecule has 9 N–H and O–H groups in total. The highest BCUT2D eigenvalue weighted by Crippen LogP contribution is 2.28. The van der Waals surface area contributed by atoms with Gasteiger partial charge in [-0.2, -0.15) is 13.2 Å². The molecule has 0 aliphatic carbocycles. The van der Waals surface area contributed by atoms with Crippen LogP contribution >= 0.6 is 0 Å². The number of anilines is 1. The third kappa shape index (κ3) is 37.6. The minimum absolute atomic E-state index is 0.0137. The van der Waals surface area contributed by atoms with Crippen molar-refractivity contribution in [2.24, 2.45) is 5.92 Å². The highest BCUT2D eigenvalue weighted by Gasteiger charge is 2.40. The quantitative estimate of drug-likeness (QED) is 0.0340. The fourth-order valence-corrected chi connectivity index (χ4v) is 7.78. The average molecular weight is 1280 g/mol. The molecule has 1 aromatic heterocycles. The zero-order valence-corrected chi connectivity index (χ0v) is 51.6. The molecule has 0 bridgehead atoms. The molecule has 0 saturated carbocycles. The zero-order chi connectivity index (χ0) is 64.1. The van der Waals surface area contributed by atoms with Crippen molar-refractivity contribution in [2.45, 2.75) is 107 Å². The first-order valence-electron chi connectivity index (χ1n) is 30.1. The van der Waals surface area contributed by atoms with Crippen LogP contribution in [0.25, 0.3) is 0 Å². The number of aliphatic hydroxyl groups excluding tert-OH is 4. The first-order chi connectivity index (χ1) is 42.4. The molecule has 8 atom stereocenters. The first kappa shape index (κ1) is 78.5. The lowest BCUT2D eigenvalue weighted by Gasteiger charge is -2.38. The van der Waals surface area contributed by atoms with E-state index in [1.54, 1.807) is 0 Å². The normalized spacial score (nSPS) is 20.3. The predicted octanol–water partition coefficient (Wildman–Crippen LogP) is -1.36. The number of hydrogen-bond donors (Lipinski definition) is 9. The van der Waals surface area contributed by atoms with Crippen LogP contribution in [-0.2, 0) is 91.6 Å². The molecule has 2 aliphatic heterocycles. The molecule has 2 fully saturated rings. The topological polar surface area (TPSA) is 357 Å². The maximum atomic E-state index is 13.0. The smallest absolute Gasteiger partial charge is 0.390 e. The molecule has 1 unspecified atom stereocenters. The van der Waals surface area contributed by atoms with E-state index in [2.05, 4.69) is 64.2 Å². The van der Waals surface area contributed by atoms with Crippen molar-refractivity contribution < 1.29 is 119 Å². The SMILES string of the molecule is CC(C)C(C)(C)NCCOCCOCCOCC(=O)NC(COCCC(=O)NCCOCCOCCOCCOC[C@H]1OC[C@H](Nc2cncc(C(F)(F)F)n2)[C@@H](O)[C@H]1O)COCCC(=O)NCCOCCOCCOCCOC[C@H]1OCC[C@@H](O)[C@H]1O. The standard InChI is InChI=1S/C56H100F3N7O22/c1-41(2)55(3,4)63-10-16-76-19-22-79-29-32-86-40-51(70)64-42(35-82-11-6-49(68)61-8-14-74-17-20-77-23-25-80-27-30-84-38-45-53(72)44(67)5-13-87-45)36-83-12-7-50(69)62-9-15-75-18-21-78-24-26-81-28-31-85-39-46-54(73)52(71)43(37-88-46)65-48-34-60-33-47(66-48)56(57,58)59/h33-34,41-46,52-54,63,67,71-73H,5-32,35-40H2,1-4H3,(H,61,68)(H,62,69)(H,64,70)(H,65,66)/t42?,43-,44+,45+,46+,52+,53+,54-/m0/s1. The molecule has 0 aromatic carbocycles. The Morgan fingerprint density at radius 2 is 1.02 bits per heavy atom. The highest BCUT2D eigenvalue weighted by molar-refractivity contribution is 5.77. The van der Waals surface area contributed by atoms with E-state index >= 15 is 0 Å². The van der Waals surface area contributed by atoms with Crippen molar-refractivity contribution >= 4 is 23.5 Å². The number of rotatable bonds is 54. The summed E-state index contributed by atoms with van der Waals surface area (Å²) in [4.78, 5) is 44.7. The van der Waals surface area contributed by atoms with Crippen LogP contribution in [0.4, 0.5) is 19.0 Å². The van der Waals surface area contributed by atoms with Crippen LogP contribution in [0.1, 0.15) is 52.7 Å². The second kappa shape index (κ2) is 48.1. The van der Waals surface area contributed by atoms with Gasteiger partial charge >= 0.3 is 6.18 Å². The summed E-state index contributed by atoms with van der Waals surface area (Å²) in [7, 11) is 0. The Morgan fingerprint density at radius 3 is 1.51 bits per heavy atom. The van der Waals surface area contributed by atoms with E-state index in [0.717, 1.165) is 12.7 Å². The highest BCUT2D eigenvalue weighted by atomic mass is 19.4. The molecule has 3 rings (SSSR count). The van der Waals surface area contributed by atoms with Crippen LogP contribution in [0.15, 0.2) is 12.4 Å². The number of amides is 3. The minimum Gasteiger partial charge on any atom is -0.390 e. The van der Waals surface area contributed by atoms with E-state index in [9.17, 15) is 48.0 Å². The number of carbonyl (C=O) groups is 3. The molecule has 29 nitrogen and oxygen atoms in total. The first-order valence-corrected chi connectivity index (χ1v) is 30.1. The van der Waals surface area contributed by atoms with E-state index in [-0.39, 0.29) is 168 Å². The molecule has 3 amide bonds. The summed E-state index contributed by atoms with van der Waals surface area (Å²) in [6, 6.07) is -1.56. The number of nitrogens with one attached hydrogen (secondary N) is 5. The predicted molar refractivity (Wildman–Crippen MR) is 307 cm³/mol. The molecule has 0 radical (unpaired) electrons. The number of aromatic nitrogens is 2. The van der Waals surface area contributed by atoms with Crippen LogP contribution in [-0.4, -0.2) is 307 Å². The molecule has 1 aromatic rings. The Hall–Kier alpha value is -3.72. The lowest BCUT2D eigenvalue weighted by molar-refractivity contribution is -0.161. The van der Waals surface area contributed by atoms with Crippen molar-refractivity contribution in [2.75, 3.05) is 210 Å². The monoisotopic (exact) mass is 1280 g/mol. The van der Waals surface area contributed by atoms with Gasteiger partial charge in [-0.3, -0.25) is 19.4 Å². The molecule has 2 aliphatic rings. The maximum Gasteiger partial charge on any atom is 0.434 e. The van der Waals surface area contributed by atoms with Crippen molar-refractivity contribution in [1.82, 2.24) is 31.2 Å². The number of alkyl halides is 3. The Balaban J connectivity index is 1.18. The molecule has 0 spiro atoms. The van der Waals surface area contributed by atoms with E-state index in [0.29, 0.717) is 84.6 Å². The number of ether oxygens (including phenoxy) is 15. The van der Waals surface area contributed by atoms with Gasteiger partial charge < -0.3 is 118 Å². The number of nitrogens with zero attached hydrogens (tertiary/aromatic N) is 2. The minimum atomic E-state index is -4.70. The van der Waals surface area contributed by atoms with Crippen LogP contribution in [0, 0.1) is 5.92 Å². The summed E-state index contributed by atoms with van der Waals surface area (Å²) >= 11 is 0. The molecule has 512 valence electrons. The van der Waals surface area contributed by atoms with Gasteiger partial charge in [-0.05, 0) is 26.2 Å². The summed E-state index contributed by atoms with van der Waals surface area (Å²) in [6.45, 7) is 16.0. The van der Waals surface area contributed by atoms with Gasteiger partial charge in [0.25, 0.3) is 0 Å². The Bertz CT molecular complexity index is 1950. The third-order valence-corrected chi connectivity index (χ3v) is 13.5. The van der Waals surface area contributed by atoms with Crippen molar-refractivity contribution in [1.29, 1.82) is 0 Å². The summed E-state index contributed by atoms with van der Waals surface area (Å²) in [5.41, 5.74) is -1.19. The Labute approximate surface area is 513 Å². The van der Waals surface area contributed by atoms with Crippen LogP contribution in [0.3, 0.4) is 0 Å². The number of halogens is 3. The number of carbonyl (C=O) groups excluding carboxylic acids is 3. The van der Waals surface area contributed by atoms with Gasteiger partial charge in [0, 0.05) is 44.6 Å². The number of aliphatic hydroxyl groups is 4. The molecular formula is C56H100F3N7O22. The summed E-state index contributed by atoms with van der Waals surface area (Å²) in [6.07, 6.45) is -8.53. The molecule has 2 saturated heterocycles. The molecule has 32 heteroatoms. The average Bonchev–Trinajstić information content (AvgIpc) is 3.70. The van der Waals surface area contributed by atoms with Gasteiger partial charge in [-0.15, -0.1) is 0 Å². The van der Waals surface area contributed by atoms with E-state index in [4.69, 9.17) is 71.1 Å². The zero-order valence-electron chi connectivity index (χ0n) is 51.6. The Kier molecular flexibility index (Phi) is 42.9. The van der Waals surface area contributed by atoms with Crippen LogP contribution < -0.4 is 26.6 Å². The van der Waals surface area contributed by atoms with Gasteiger partial charge in [0.15, 0.2) is 5.69 Å². The van der Waals surface area contributed by atoms with Gasteiger partial charge in [-0.1, -0.05) is 13.8 Å². The lowest BCUT2D eigenvalue weighted by Crippen LogP contribution is -2.57.